The minimum atomic E-state index is -0.786. The van der Waals surface area contributed by atoms with Crippen molar-refractivity contribution in [3.63, 3.8) is 0 Å². The van der Waals surface area contributed by atoms with E-state index in [0.29, 0.717) is 19.3 Å². The van der Waals surface area contributed by atoms with E-state index in [-0.39, 0.29) is 31.1 Å². The molecular formula is C72H124O6. The summed E-state index contributed by atoms with van der Waals surface area (Å²) in [7, 11) is 0. The first-order valence-corrected chi connectivity index (χ1v) is 33.2. The summed E-state index contributed by atoms with van der Waals surface area (Å²) in [5.41, 5.74) is 0. The summed E-state index contributed by atoms with van der Waals surface area (Å²) >= 11 is 0. The quantitative estimate of drug-likeness (QED) is 0.0261. The molecular weight excluding hydrogens is 961 g/mol. The van der Waals surface area contributed by atoms with E-state index in [1.807, 2.05) is 0 Å². The fourth-order valence-corrected chi connectivity index (χ4v) is 9.32. The third kappa shape index (κ3) is 63.2. The second-order valence-corrected chi connectivity index (χ2v) is 22.0. The van der Waals surface area contributed by atoms with Gasteiger partial charge < -0.3 is 14.2 Å². The van der Waals surface area contributed by atoms with E-state index < -0.39 is 6.10 Å². The molecule has 0 aliphatic rings. The molecule has 0 spiro atoms. The van der Waals surface area contributed by atoms with Gasteiger partial charge in [0, 0.05) is 19.3 Å². The van der Waals surface area contributed by atoms with Crippen LogP contribution in [0.2, 0.25) is 0 Å². The maximum Gasteiger partial charge on any atom is 0.306 e. The second kappa shape index (κ2) is 65.8. The van der Waals surface area contributed by atoms with Crippen molar-refractivity contribution >= 4 is 17.9 Å². The van der Waals surface area contributed by atoms with Gasteiger partial charge in [0.2, 0.25) is 0 Å². The van der Waals surface area contributed by atoms with Crippen LogP contribution in [0.4, 0.5) is 0 Å². The van der Waals surface area contributed by atoms with E-state index in [2.05, 4.69) is 118 Å². The predicted molar refractivity (Wildman–Crippen MR) is 339 cm³/mol. The summed E-state index contributed by atoms with van der Waals surface area (Å²) in [6.45, 7) is 6.52. The molecule has 0 aromatic rings. The zero-order valence-corrected chi connectivity index (χ0v) is 51.4. The lowest BCUT2D eigenvalue weighted by molar-refractivity contribution is -0.167. The van der Waals surface area contributed by atoms with Crippen LogP contribution in [0.15, 0.2) is 97.2 Å². The van der Waals surface area contributed by atoms with Gasteiger partial charge in [0.1, 0.15) is 13.2 Å². The number of ether oxygens (including phenoxy) is 3. The van der Waals surface area contributed by atoms with Gasteiger partial charge >= 0.3 is 17.9 Å². The fourth-order valence-electron chi connectivity index (χ4n) is 9.32. The molecule has 0 radical (unpaired) electrons. The highest BCUT2D eigenvalue weighted by Crippen LogP contribution is 2.16. The van der Waals surface area contributed by atoms with Gasteiger partial charge in [-0.1, -0.05) is 279 Å². The Hall–Kier alpha value is -3.67. The van der Waals surface area contributed by atoms with Crippen LogP contribution >= 0.6 is 0 Å². The van der Waals surface area contributed by atoms with Crippen LogP contribution in [0.3, 0.4) is 0 Å². The average molecular weight is 1090 g/mol. The molecule has 0 N–H and O–H groups in total. The van der Waals surface area contributed by atoms with Crippen molar-refractivity contribution in [1.82, 2.24) is 0 Å². The Morgan fingerprint density at radius 1 is 0.269 bits per heavy atom. The molecule has 0 aliphatic carbocycles. The van der Waals surface area contributed by atoms with Crippen LogP contribution in [-0.2, 0) is 28.6 Å². The SMILES string of the molecule is CC/C=C\C/C=C\C/C=C\C/C=C\C/C=C\C/C=C\CCCCCCCCCCCCCCC(=O)OCC(COC(=O)CCCCCCC/C=C\CCCCCCC)OC(=O)CCCCCCC/C=C\CCCCCCCC. The van der Waals surface area contributed by atoms with Crippen molar-refractivity contribution in [2.24, 2.45) is 0 Å². The largest absolute Gasteiger partial charge is 0.462 e. The van der Waals surface area contributed by atoms with E-state index in [1.54, 1.807) is 0 Å². The Kier molecular flexibility index (Phi) is 62.7. The van der Waals surface area contributed by atoms with E-state index in [0.717, 1.165) is 116 Å². The number of hydrogen-bond acceptors (Lipinski definition) is 6. The lowest BCUT2D eigenvalue weighted by Gasteiger charge is -2.18. The molecule has 0 rings (SSSR count). The highest BCUT2D eigenvalue weighted by Gasteiger charge is 2.19. The Labute approximate surface area is 483 Å². The van der Waals surface area contributed by atoms with E-state index in [9.17, 15) is 14.4 Å². The molecule has 1 atom stereocenters. The van der Waals surface area contributed by atoms with Crippen molar-refractivity contribution < 1.29 is 28.6 Å². The monoisotopic (exact) mass is 1080 g/mol. The Morgan fingerprint density at radius 3 is 0.795 bits per heavy atom. The molecule has 0 amide bonds. The Morgan fingerprint density at radius 2 is 0.500 bits per heavy atom. The standard InChI is InChI=1S/C72H124O6/c1-4-7-10-13-16-19-22-25-28-29-30-31-32-33-34-35-36-37-38-39-40-41-42-43-45-47-50-53-56-59-62-65-71(74)77-68-69(67-76-70(73)64-61-58-55-52-49-46-27-24-21-18-15-12-9-6-3)78-72(75)66-63-60-57-54-51-48-44-26-23-20-17-14-11-8-5-2/h7,10,16,19,24-28,30-31,33-34,36-37,44,69H,4-6,8-9,11-15,17-18,20-23,29,32,35,38-43,45-68H2,1-3H3/b10-7-,19-16-,27-24-,28-25-,31-30-,34-33-,37-36-,44-26-. The molecule has 78 heavy (non-hydrogen) atoms. The molecule has 0 bridgehead atoms. The van der Waals surface area contributed by atoms with Crippen molar-refractivity contribution in [2.75, 3.05) is 13.2 Å². The van der Waals surface area contributed by atoms with E-state index in [4.69, 9.17) is 14.2 Å². The number of allylic oxidation sites excluding steroid dienone is 16. The van der Waals surface area contributed by atoms with E-state index in [1.165, 1.54) is 167 Å². The van der Waals surface area contributed by atoms with Crippen molar-refractivity contribution in [3.05, 3.63) is 97.2 Å². The Balaban J connectivity index is 4.24. The zero-order valence-electron chi connectivity index (χ0n) is 51.4. The van der Waals surface area contributed by atoms with Crippen molar-refractivity contribution in [3.8, 4) is 0 Å². The number of hydrogen-bond donors (Lipinski definition) is 0. The normalized spacial score (nSPS) is 12.7. The maximum atomic E-state index is 12.9. The summed E-state index contributed by atoms with van der Waals surface area (Å²) in [5.74, 6) is -0.890. The summed E-state index contributed by atoms with van der Waals surface area (Å²) < 4.78 is 16.9. The van der Waals surface area contributed by atoms with Gasteiger partial charge in [-0.05, 0) is 122 Å². The third-order valence-electron chi connectivity index (χ3n) is 14.3. The smallest absolute Gasteiger partial charge is 0.306 e. The molecule has 6 nitrogen and oxygen atoms in total. The molecule has 6 heteroatoms. The lowest BCUT2D eigenvalue weighted by Crippen LogP contribution is -2.30. The summed E-state index contributed by atoms with van der Waals surface area (Å²) in [4.78, 5) is 38.3. The van der Waals surface area contributed by atoms with Gasteiger partial charge in [-0.15, -0.1) is 0 Å². The number of rotatable bonds is 60. The molecule has 448 valence electrons. The van der Waals surface area contributed by atoms with Crippen LogP contribution in [0, 0.1) is 0 Å². The fraction of sp³-hybridized carbons (Fsp3) is 0.736. The lowest BCUT2D eigenvalue weighted by atomic mass is 10.0. The van der Waals surface area contributed by atoms with Crippen molar-refractivity contribution in [1.29, 1.82) is 0 Å². The molecule has 0 heterocycles. The highest BCUT2D eigenvalue weighted by atomic mass is 16.6. The van der Waals surface area contributed by atoms with Gasteiger partial charge in [0.05, 0.1) is 0 Å². The first kappa shape index (κ1) is 74.3. The number of carbonyl (C=O) groups excluding carboxylic acids is 3. The van der Waals surface area contributed by atoms with Gasteiger partial charge in [0.15, 0.2) is 6.10 Å². The van der Waals surface area contributed by atoms with Gasteiger partial charge in [-0.25, -0.2) is 0 Å². The molecule has 1 unspecified atom stereocenters. The maximum absolute atomic E-state index is 12.9. The van der Waals surface area contributed by atoms with Gasteiger partial charge in [0.25, 0.3) is 0 Å². The first-order valence-electron chi connectivity index (χ1n) is 33.2. The van der Waals surface area contributed by atoms with Crippen LogP contribution in [0.1, 0.15) is 323 Å². The van der Waals surface area contributed by atoms with Crippen LogP contribution < -0.4 is 0 Å². The predicted octanol–water partition coefficient (Wildman–Crippen LogP) is 22.8. The second-order valence-electron chi connectivity index (χ2n) is 22.0. The molecule has 0 aromatic carbocycles. The molecule has 0 saturated carbocycles. The van der Waals surface area contributed by atoms with Crippen LogP contribution in [0.25, 0.3) is 0 Å². The summed E-state index contributed by atoms with van der Waals surface area (Å²) in [5, 5.41) is 0. The number of unbranched alkanes of at least 4 members (excludes halogenated alkanes) is 33. The minimum Gasteiger partial charge on any atom is -0.462 e. The number of carbonyl (C=O) groups is 3. The number of esters is 3. The molecule has 0 aliphatic heterocycles. The highest BCUT2D eigenvalue weighted by molar-refractivity contribution is 5.71. The topological polar surface area (TPSA) is 78.9 Å². The third-order valence-corrected chi connectivity index (χ3v) is 14.3. The van der Waals surface area contributed by atoms with Gasteiger partial charge in [-0.3, -0.25) is 14.4 Å². The Bertz CT molecular complexity index is 1530. The zero-order chi connectivity index (χ0) is 56.4. The molecule has 0 fully saturated rings. The van der Waals surface area contributed by atoms with Gasteiger partial charge in [-0.2, -0.15) is 0 Å². The van der Waals surface area contributed by atoms with E-state index >= 15 is 0 Å². The summed E-state index contributed by atoms with van der Waals surface area (Å²) in [6, 6.07) is 0. The molecule has 0 saturated heterocycles. The van der Waals surface area contributed by atoms with Crippen LogP contribution in [0.5, 0.6) is 0 Å². The van der Waals surface area contributed by atoms with Crippen molar-refractivity contribution in [2.45, 2.75) is 329 Å². The first-order chi connectivity index (χ1) is 38.5. The van der Waals surface area contributed by atoms with Crippen LogP contribution in [-0.4, -0.2) is 37.2 Å². The minimum absolute atomic E-state index is 0.0823. The average Bonchev–Trinajstić information content (AvgIpc) is 3.44. The summed E-state index contributed by atoms with van der Waals surface area (Å²) in [6.07, 6.45) is 88.5. The molecule has 0 aromatic heterocycles.